The van der Waals surface area contributed by atoms with E-state index in [1.54, 1.807) is 0 Å². The monoisotopic (exact) mass is 280 g/mol. The fraction of sp³-hybridized carbons (Fsp3) is 0.765. The third kappa shape index (κ3) is 6.10. The van der Waals surface area contributed by atoms with Gasteiger partial charge in [-0.3, -0.25) is 4.90 Å². The van der Waals surface area contributed by atoms with Gasteiger partial charge in [0.1, 0.15) is 5.76 Å². The molecule has 0 bridgehead atoms. The molecule has 0 saturated heterocycles. The molecule has 1 N–H and O–H groups in total. The Labute approximate surface area is 124 Å². The van der Waals surface area contributed by atoms with Gasteiger partial charge < -0.3 is 9.73 Å². The van der Waals surface area contributed by atoms with Crippen LogP contribution in [0, 0.1) is 0 Å². The molecule has 0 amide bonds. The molecule has 0 aliphatic carbocycles. The predicted octanol–water partition coefficient (Wildman–Crippen LogP) is 4.18. The number of rotatable bonds is 11. The molecule has 0 spiro atoms. The lowest BCUT2D eigenvalue weighted by Crippen LogP contribution is -2.31. The van der Waals surface area contributed by atoms with Gasteiger partial charge in [0.05, 0.1) is 12.8 Å². The van der Waals surface area contributed by atoms with E-state index < -0.39 is 0 Å². The molecule has 0 unspecified atom stereocenters. The van der Waals surface area contributed by atoms with Crippen molar-refractivity contribution in [2.45, 2.75) is 72.5 Å². The van der Waals surface area contributed by atoms with E-state index in [1.807, 2.05) is 6.26 Å². The van der Waals surface area contributed by atoms with E-state index in [2.05, 4.69) is 44.0 Å². The van der Waals surface area contributed by atoms with Crippen molar-refractivity contribution in [2.24, 2.45) is 0 Å². The summed E-state index contributed by atoms with van der Waals surface area (Å²) in [6.07, 6.45) is 6.86. The molecule has 1 rings (SSSR count). The van der Waals surface area contributed by atoms with Gasteiger partial charge in [-0.25, -0.2) is 0 Å². The van der Waals surface area contributed by atoms with E-state index in [0.29, 0.717) is 6.04 Å². The third-order valence-electron chi connectivity index (χ3n) is 3.71. The van der Waals surface area contributed by atoms with Crippen LogP contribution in [0.25, 0.3) is 0 Å². The van der Waals surface area contributed by atoms with E-state index >= 15 is 0 Å². The number of hydrogen-bond donors (Lipinski definition) is 1. The predicted molar refractivity (Wildman–Crippen MR) is 85.8 cm³/mol. The first-order valence-corrected chi connectivity index (χ1v) is 8.19. The second-order valence-electron chi connectivity index (χ2n) is 5.82. The maximum absolute atomic E-state index is 5.70. The Hall–Kier alpha value is -0.800. The van der Waals surface area contributed by atoms with Gasteiger partial charge >= 0.3 is 0 Å². The van der Waals surface area contributed by atoms with E-state index in [4.69, 9.17) is 4.42 Å². The number of nitrogens with zero attached hydrogens (tertiary/aromatic N) is 1. The van der Waals surface area contributed by atoms with Crippen LogP contribution in [0.3, 0.4) is 0 Å². The summed E-state index contributed by atoms with van der Waals surface area (Å²) in [5.41, 5.74) is 1.31. The standard InChI is InChI=1S/C17H32N2O/c1-5-7-8-11-19(15(3)4)14-17-16(9-12-20-17)13-18-10-6-2/h9,12,15,18H,5-8,10-11,13-14H2,1-4H3. The summed E-state index contributed by atoms with van der Waals surface area (Å²) in [5, 5.41) is 3.45. The fourth-order valence-electron chi connectivity index (χ4n) is 2.33. The minimum absolute atomic E-state index is 0.563. The lowest BCUT2D eigenvalue weighted by molar-refractivity contribution is 0.191. The van der Waals surface area contributed by atoms with E-state index in [-0.39, 0.29) is 0 Å². The molecule has 0 aromatic carbocycles. The van der Waals surface area contributed by atoms with Crippen LogP contribution in [0.5, 0.6) is 0 Å². The van der Waals surface area contributed by atoms with Crippen molar-refractivity contribution in [2.75, 3.05) is 13.1 Å². The average Bonchev–Trinajstić information content (AvgIpc) is 2.85. The quantitative estimate of drug-likeness (QED) is 0.616. The summed E-state index contributed by atoms with van der Waals surface area (Å²) < 4.78 is 5.70. The number of nitrogens with one attached hydrogen (secondary N) is 1. The van der Waals surface area contributed by atoms with Crippen molar-refractivity contribution in [3.8, 4) is 0 Å². The summed E-state index contributed by atoms with van der Waals surface area (Å²) in [6.45, 7) is 13.1. The smallest absolute Gasteiger partial charge is 0.122 e. The van der Waals surface area contributed by atoms with Gasteiger partial charge in [-0.15, -0.1) is 0 Å². The molecule has 1 heterocycles. The lowest BCUT2D eigenvalue weighted by Gasteiger charge is -2.26. The molecule has 0 aliphatic heterocycles. The zero-order valence-electron chi connectivity index (χ0n) is 13.7. The van der Waals surface area contributed by atoms with E-state index in [9.17, 15) is 0 Å². The van der Waals surface area contributed by atoms with Crippen molar-refractivity contribution in [3.05, 3.63) is 23.7 Å². The fourth-order valence-corrected chi connectivity index (χ4v) is 2.33. The molecule has 0 atom stereocenters. The van der Waals surface area contributed by atoms with Crippen LogP contribution in [0.1, 0.15) is 64.7 Å². The van der Waals surface area contributed by atoms with Crippen molar-refractivity contribution >= 4 is 0 Å². The van der Waals surface area contributed by atoms with Gasteiger partial charge in [0.2, 0.25) is 0 Å². The highest BCUT2D eigenvalue weighted by Crippen LogP contribution is 2.16. The molecule has 1 aromatic heterocycles. The number of furan rings is 1. The van der Waals surface area contributed by atoms with Crippen molar-refractivity contribution in [3.63, 3.8) is 0 Å². The molecule has 116 valence electrons. The average molecular weight is 280 g/mol. The Morgan fingerprint density at radius 2 is 2.00 bits per heavy atom. The van der Waals surface area contributed by atoms with Crippen LogP contribution >= 0.6 is 0 Å². The van der Waals surface area contributed by atoms with Crippen LogP contribution < -0.4 is 5.32 Å². The van der Waals surface area contributed by atoms with Crippen LogP contribution in [-0.4, -0.2) is 24.0 Å². The zero-order chi connectivity index (χ0) is 14.8. The van der Waals surface area contributed by atoms with Gasteiger partial charge in [-0.1, -0.05) is 26.7 Å². The molecule has 20 heavy (non-hydrogen) atoms. The van der Waals surface area contributed by atoms with Crippen molar-refractivity contribution in [1.29, 1.82) is 0 Å². The van der Waals surface area contributed by atoms with Crippen molar-refractivity contribution < 1.29 is 4.42 Å². The second kappa shape index (κ2) is 10.0. The Balaban J connectivity index is 2.52. The molecule has 0 fully saturated rings. The van der Waals surface area contributed by atoms with Gasteiger partial charge in [0.15, 0.2) is 0 Å². The highest BCUT2D eigenvalue weighted by atomic mass is 16.3. The van der Waals surface area contributed by atoms with Crippen LogP contribution in [0.4, 0.5) is 0 Å². The molecule has 0 saturated carbocycles. The Kier molecular flexibility index (Phi) is 8.63. The van der Waals surface area contributed by atoms with Gasteiger partial charge in [-0.05, 0) is 45.8 Å². The highest BCUT2D eigenvalue weighted by Gasteiger charge is 2.14. The third-order valence-corrected chi connectivity index (χ3v) is 3.71. The largest absolute Gasteiger partial charge is 0.468 e. The Bertz CT molecular complexity index is 347. The topological polar surface area (TPSA) is 28.4 Å². The SMILES string of the molecule is CCCCCN(Cc1occc1CNCCC)C(C)C. The maximum Gasteiger partial charge on any atom is 0.122 e. The van der Waals surface area contributed by atoms with Crippen LogP contribution in [-0.2, 0) is 13.1 Å². The minimum Gasteiger partial charge on any atom is -0.468 e. The summed E-state index contributed by atoms with van der Waals surface area (Å²) in [5.74, 6) is 1.12. The molecular formula is C17H32N2O. The molecule has 0 radical (unpaired) electrons. The normalized spacial score (nSPS) is 11.7. The lowest BCUT2D eigenvalue weighted by atomic mass is 10.2. The maximum atomic E-state index is 5.70. The highest BCUT2D eigenvalue weighted by molar-refractivity contribution is 5.16. The molecule has 0 aliphatic rings. The molecule has 1 aromatic rings. The molecular weight excluding hydrogens is 248 g/mol. The Morgan fingerprint density at radius 3 is 2.65 bits per heavy atom. The second-order valence-corrected chi connectivity index (χ2v) is 5.82. The number of hydrogen-bond acceptors (Lipinski definition) is 3. The molecule has 3 nitrogen and oxygen atoms in total. The number of unbranched alkanes of at least 4 members (excludes halogenated alkanes) is 2. The summed E-state index contributed by atoms with van der Waals surface area (Å²) >= 11 is 0. The zero-order valence-corrected chi connectivity index (χ0v) is 13.7. The summed E-state index contributed by atoms with van der Waals surface area (Å²) in [4.78, 5) is 2.51. The first kappa shape index (κ1) is 17.3. The Morgan fingerprint density at radius 1 is 1.20 bits per heavy atom. The van der Waals surface area contributed by atoms with Crippen LogP contribution in [0.2, 0.25) is 0 Å². The first-order valence-electron chi connectivity index (χ1n) is 8.19. The minimum atomic E-state index is 0.563. The van der Waals surface area contributed by atoms with Gasteiger partial charge in [-0.2, -0.15) is 0 Å². The first-order chi connectivity index (χ1) is 9.69. The van der Waals surface area contributed by atoms with Gasteiger partial charge in [0.25, 0.3) is 0 Å². The van der Waals surface area contributed by atoms with Gasteiger partial charge in [0, 0.05) is 18.2 Å². The van der Waals surface area contributed by atoms with E-state index in [1.165, 1.54) is 31.2 Å². The van der Waals surface area contributed by atoms with E-state index in [0.717, 1.165) is 31.9 Å². The van der Waals surface area contributed by atoms with Crippen molar-refractivity contribution in [1.82, 2.24) is 10.2 Å². The van der Waals surface area contributed by atoms with Crippen LogP contribution in [0.15, 0.2) is 16.7 Å². The summed E-state index contributed by atoms with van der Waals surface area (Å²) in [7, 11) is 0. The summed E-state index contributed by atoms with van der Waals surface area (Å²) in [6, 6.07) is 2.66. The molecule has 3 heteroatoms.